The molecule has 0 saturated carbocycles. The first-order valence-electron chi connectivity index (χ1n) is 16.8. The van der Waals surface area contributed by atoms with E-state index in [9.17, 15) is 14.7 Å². The molecule has 0 spiro atoms. The van der Waals surface area contributed by atoms with E-state index in [4.69, 9.17) is 9.47 Å². The Bertz CT molecular complexity index is 762. The maximum atomic E-state index is 12.1. The van der Waals surface area contributed by atoms with Crippen molar-refractivity contribution in [1.29, 1.82) is 0 Å². The average Bonchev–Trinajstić information content (AvgIpc) is 2.99. The first-order chi connectivity index (χ1) is 20.6. The molecule has 0 aromatic carbocycles. The lowest BCUT2D eigenvalue weighted by atomic mass is 10.1. The molecule has 1 N–H and O–H groups in total. The molecule has 240 valence electrons. The number of hydrogen-bond acceptors (Lipinski definition) is 5. The van der Waals surface area contributed by atoms with Gasteiger partial charge in [-0.25, -0.2) is 0 Å². The highest BCUT2D eigenvalue weighted by atomic mass is 16.6. The monoisotopic (exact) mass is 586 g/mol. The summed E-state index contributed by atoms with van der Waals surface area (Å²) in [4.78, 5) is 24.0. The Morgan fingerprint density at radius 2 is 1.02 bits per heavy atom. The molecular weight excluding hydrogens is 524 g/mol. The van der Waals surface area contributed by atoms with Crippen LogP contribution in [0.15, 0.2) is 60.8 Å². The van der Waals surface area contributed by atoms with Crippen molar-refractivity contribution in [3.63, 3.8) is 0 Å². The molecule has 0 saturated heterocycles. The topological polar surface area (TPSA) is 72.8 Å². The summed E-state index contributed by atoms with van der Waals surface area (Å²) >= 11 is 0. The number of carbonyl (C=O) groups is 2. The Labute approximate surface area is 258 Å². The molecule has 0 aliphatic heterocycles. The van der Waals surface area contributed by atoms with E-state index in [0.717, 1.165) is 77.0 Å². The van der Waals surface area contributed by atoms with Crippen molar-refractivity contribution in [2.75, 3.05) is 13.2 Å². The van der Waals surface area contributed by atoms with E-state index in [0.29, 0.717) is 12.8 Å². The molecule has 0 aromatic heterocycles. The normalized spacial score (nSPS) is 12.9. The SMILES string of the molecule is CC/C=C\C/C=C\C/C=C\C/C=C\C/C=C\CCCCCC(=O)OC(CO)COC(=O)CCCCCCCCCCC. The largest absolute Gasteiger partial charge is 0.462 e. The molecule has 5 heteroatoms. The fourth-order valence-electron chi connectivity index (χ4n) is 4.28. The molecule has 0 rings (SSSR count). The van der Waals surface area contributed by atoms with Gasteiger partial charge in [0.05, 0.1) is 6.61 Å². The van der Waals surface area contributed by atoms with Gasteiger partial charge in [-0.15, -0.1) is 0 Å². The summed E-state index contributed by atoms with van der Waals surface area (Å²) in [5.41, 5.74) is 0. The maximum Gasteiger partial charge on any atom is 0.306 e. The molecule has 0 aromatic rings. The first kappa shape index (κ1) is 39.6. The zero-order valence-electron chi connectivity index (χ0n) is 27.0. The lowest BCUT2D eigenvalue weighted by Crippen LogP contribution is -2.28. The van der Waals surface area contributed by atoms with Crippen molar-refractivity contribution in [3.8, 4) is 0 Å². The third-order valence-electron chi connectivity index (χ3n) is 6.83. The zero-order valence-corrected chi connectivity index (χ0v) is 27.0. The van der Waals surface area contributed by atoms with E-state index in [1.165, 1.54) is 38.5 Å². The number of ether oxygens (including phenoxy) is 2. The van der Waals surface area contributed by atoms with Crippen LogP contribution in [0, 0.1) is 0 Å². The Morgan fingerprint density at radius 3 is 1.55 bits per heavy atom. The lowest BCUT2D eigenvalue weighted by Gasteiger charge is -2.15. The molecule has 0 bridgehead atoms. The van der Waals surface area contributed by atoms with Gasteiger partial charge in [-0.2, -0.15) is 0 Å². The third kappa shape index (κ3) is 30.6. The van der Waals surface area contributed by atoms with Crippen molar-refractivity contribution in [1.82, 2.24) is 0 Å². The van der Waals surface area contributed by atoms with Crippen LogP contribution in [0.1, 0.15) is 142 Å². The van der Waals surface area contributed by atoms with Gasteiger partial charge in [-0.3, -0.25) is 9.59 Å². The highest BCUT2D eigenvalue weighted by molar-refractivity contribution is 5.70. The Balaban J connectivity index is 3.69. The summed E-state index contributed by atoms with van der Waals surface area (Å²) in [6.45, 7) is 3.95. The second-order valence-corrected chi connectivity index (χ2v) is 10.9. The minimum absolute atomic E-state index is 0.0808. The first-order valence-corrected chi connectivity index (χ1v) is 16.8. The van der Waals surface area contributed by atoms with Crippen LogP contribution in [0.4, 0.5) is 0 Å². The molecule has 0 aliphatic rings. The molecule has 0 radical (unpaired) electrons. The second kappa shape index (κ2) is 33.1. The maximum absolute atomic E-state index is 12.1. The number of aliphatic hydroxyl groups is 1. The van der Waals surface area contributed by atoms with Gasteiger partial charge in [0.1, 0.15) is 6.61 Å². The average molecular weight is 587 g/mol. The van der Waals surface area contributed by atoms with Gasteiger partial charge in [0.2, 0.25) is 0 Å². The summed E-state index contributed by atoms with van der Waals surface area (Å²) < 4.78 is 10.5. The van der Waals surface area contributed by atoms with Gasteiger partial charge < -0.3 is 14.6 Å². The fraction of sp³-hybridized carbons (Fsp3) is 0.676. The number of carbonyl (C=O) groups excluding carboxylic acids is 2. The number of aliphatic hydroxyl groups excluding tert-OH is 1. The molecule has 0 aliphatic carbocycles. The van der Waals surface area contributed by atoms with Crippen LogP contribution in [-0.4, -0.2) is 36.4 Å². The van der Waals surface area contributed by atoms with Crippen LogP contribution >= 0.6 is 0 Å². The Kier molecular flexibility index (Phi) is 31.2. The van der Waals surface area contributed by atoms with Gasteiger partial charge in [0, 0.05) is 12.8 Å². The minimum atomic E-state index is -0.786. The van der Waals surface area contributed by atoms with Crippen LogP contribution in [-0.2, 0) is 19.1 Å². The van der Waals surface area contributed by atoms with Crippen LogP contribution in [0.5, 0.6) is 0 Å². The summed E-state index contributed by atoms with van der Waals surface area (Å²) in [7, 11) is 0. The third-order valence-corrected chi connectivity index (χ3v) is 6.83. The molecule has 0 heterocycles. The predicted octanol–water partition coefficient (Wildman–Crippen LogP) is 10.1. The van der Waals surface area contributed by atoms with Crippen LogP contribution < -0.4 is 0 Å². The molecule has 0 amide bonds. The lowest BCUT2D eigenvalue weighted by molar-refractivity contribution is -0.161. The summed E-state index contributed by atoms with van der Waals surface area (Å²) in [6.07, 6.45) is 41.3. The van der Waals surface area contributed by atoms with Gasteiger partial charge in [-0.05, 0) is 57.8 Å². The van der Waals surface area contributed by atoms with E-state index >= 15 is 0 Å². The molecule has 1 unspecified atom stereocenters. The van der Waals surface area contributed by atoms with E-state index in [1.54, 1.807) is 0 Å². The van der Waals surface area contributed by atoms with Crippen molar-refractivity contribution >= 4 is 11.9 Å². The highest BCUT2D eigenvalue weighted by Crippen LogP contribution is 2.11. The zero-order chi connectivity index (χ0) is 30.8. The summed E-state index contributed by atoms with van der Waals surface area (Å²) in [5.74, 6) is -0.638. The Hall–Kier alpha value is -2.40. The summed E-state index contributed by atoms with van der Waals surface area (Å²) in [5, 5.41) is 9.48. The summed E-state index contributed by atoms with van der Waals surface area (Å²) in [6, 6.07) is 0. The molecule has 0 fully saturated rings. The van der Waals surface area contributed by atoms with Crippen LogP contribution in [0.25, 0.3) is 0 Å². The quantitative estimate of drug-likeness (QED) is 0.0536. The standard InChI is InChI=1S/C37H62O5/c1-3-5-7-9-11-13-14-15-16-17-18-19-20-21-22-24-26-28-30-32-37(40)42-35(33-38)34-41-36(39)31-29-27-25-23-12-10-8-6-4-2/h5,7,11,13,15-16,18-19,21-22,35,38H,3-4,6,8-10,12,14,17,20,23-34H2,1-2H3/b7-5-,13-11-,16-15-,19-18-,22-21-. The number of allylic oxidation sites excluding steroid dienone is 10. The van der Waals surface area contributed by atoms with Crippen molar-refractivity contribution in [2.45, 2.75) is 148 Å². The number of hydrogen-bond donors (Lipinski definition) is 1. The van der Waals surface area contributed by atoms with Crippen molar-refractivity contribution < 1.29 is 24.2 Å². The Morgan fingerprint density at radius 1 is 0.571 bits per heavy atom. The molecule has 5 nitrogen and oxygen atoms in total. The highest BCUT2D eigenvalue weighted by Gasteiger charge is 2.16. The van der Waals surface area contributed by atoms with Crippen molar-refractivity contribution in [3.05, 3.63) is 60.8 Å². The van der Waals surface area contributed by atoms with Crippen LogP contribution in [0.3, 0.4) is 0 Å². The molecule has 42 heavy (non-hydrogen) atoms. The predicted molar refractivity (Wildman–Crippen MR) is 177 cm³/mol. The molecule has 1 atom stereocenters. The van der Waals surface area contributed by atoms with Crippen LogP contribution in [0.2, 0.25) is 0 Å². The number of rotatable bonds is 29. The van der Waals surface area contributed by atoms with E-state index in [2.05, 4.69) is 74.6 Å². The fourth-order valence-corrected chi connectivity index (χ4v) is 4.28. The van der Waals surface area contributed by atoms with E-state index in [1.807, 2.05) is 0 Å². The number of unbranched alkanes of at least 4 members (excludes halogenated alkanes) is 11. The van der Waals surface area contributed by atoms with E-state index in [-0.39, 0.29) is 25.2 Å². The van der Waals surface area contributed by atoms with Gasteiger partial charge in [-0.1, -0.05) is 132 Å². The number of esters is 2. The van der Waals surface area contributed by atoms with E-state index < -0.39 is 6.10 Å². The second-order valence-electron chi connectivity index (χ2n) is 10.9. The van der Waals surface area contributed by atoms with Gasteiger partial charge >= 0.3 is 11.9 Å². The van der Waals surface area contributed by atoms with Crippen molar-refractivity contribution in [2.24, 2.45) is 0 Å². The smallest absolute Gasteiger partial charge is 0.306 e. The van der Waals surface area contributed by atoms with Gasteiger partial charge in [0.15, 0.2) is 6.10 Å². The van der Waals surface area contributed by atoms with Gasteiger partial charge in [0.25, 0.3) is 0 Å². The minimum Gasteiger partial charge on any atom is -0.462 e. The molecular formula is C37H62O5.